The minimum Gasteiger partial charge on any atom is -0.398 e. The fraction of sp³-hybridized carbons (Fsp3) is 0.480. The molecule has 0 heterocycles. The van der Waals surface area contributed by atoms with E-state index in [0.29, 0.717) is 11.3 Å². The van der Waals surface area contributed by atoms with Crippen LogP contribution >= 0.6 is 0 Å². The molecule has 0 aliphatic rings. The monoisotopic (exact) mass is 380 g/mol. The van der Waals surface area contributed by atoms with Gasteiger partial charge in [0.1, 0.15) is 0 Å². The fourth-order valence-electron chi connectivity index (χ4n) is 3.47. The lowest BCUT2D eigenvalue weighted by atomic mass is 10.0. The van der Waals surface area contributed by atoms with Gasteiger partial charge in [-0.2, -0.15) is 0 Å². The Morgan fingerprint density at radius 3 is 1.96 bits per heavy atom. The van der Waals surface area contributed by atoms with Crippen LogP contribution in [0.4, 0.5) is 11.4 Å². The first kappa shape index (κ1) is 22.0. The molecule has 2 aromatic carbocycles. The molecular weight excluding hydrogens is 344 g/mol. The number of anilines is 2. The van der Waals surface area contributed by atoms with E-state index in [-0.39, 0.29) is 5.91 Å². The number of hydrogen-bond acceptors (Lipinski definition) is 2. The Bertz CT molecular complexity index is 694. The third-order valence-corrected chi connectivity index (χ3v) is 5.24. The molecule has 0 unspecified atom stereocenters. The molecular formula is C25H36N2O. The maximum atomic E-state index is 12.3. The number of carbonyl (C=O) groups is 1. The standard InChI is InChI=1S/C25H36N2O/c1-2-3-4-5-6-7-8-9-10-11-14-21-17-19-22(20-18-21)27-25(28)23-15-12-13-16-24(23)26/h12-13,15-20H,2-11,14,26H2,1H3,(H,27,28). The molecule has 0 aliphatic heterocycles. The number of carbonyl (C=O) groups excluding carboxylic acids is 1. The topological polar surface area (TPSA) is 55.1 Å². The molecule has 0 fully saturated rings. The summed E-state index contributed by atoms with van der Waals surface area (Å²) < 4.78 is 0. The summed E-state index contributed by atoms with van der Waals surface area (Å²) in [5.74, 6) is -0.166. The van der Waals surface area contributed by atoms with Gasteiger partial charge in [-0.3, -0.25) is 4.79 Å². The molecule has 0 spiro atoms. The smallest absolute Gasteiger partial charge is 0.257 e. The number of rotatable bonds is 13. The fourth-order valence-corrected chi connectivity index (χ4v) is 3.47. The molecule has 1 amide bonds. The van der Waals surface area contributed by atoms with Gasteiger partial charge in [-0.15, -0.1) is 0 Å². The molecule has 3 N–H and O–H groups in total. The van der Waals surface area contributed by atoms with Crippen molar-refractivity contribution in [1.82, 2.24) is 0 Å². The maximum Gasteiger partial charge on any atom is 0.257 e. The van der Waals surface area contributed by atoms with E-state index in [0.717, 1.165) is 12.1 Å². The molecule has 2 aromatic rings. The average Bonchev–Trinajstić information content (AvgIpc) is 2.71. The second-order valence-corrected chi connectivity index (χ2v) is 7.67. The number of aryl methyl sites for hydroxylation is 1. The minimum atomic E-state index is -0.166. The van der Waals surface area contributed by atoms with Crippen molar-refractivity contribution in [3.05, 3.63) is 59.7 Å². The van der Waals surface area contributed by atoms with Crippen molar-refractivity contribution < 1.29 is 4.79 Å². The Hall–Kier alpha value is -2.29. The van der Waals surface area contributed by atoms with Crippen molar-refractivity contribution >= 4 is 17.3 Å². The van der Waals surface area contributed by atoms with Gasteiger partial charge < -0.3 is 11.1 Å². The van der Waals surface area contributed by atoms with E-state index in [9.17, 15) is 4.79 Å². The zero-order chi connectivity index (χ0) is 20.0. The Morgan fingerprint density at radius 1 is 0.786 bits per heavy atom. The van der Waals surface area contributed by atoms with E-state index in [1.165, 1.54) is 69.8 Å². The zero-order valence-corrected chi connectivity index (χ0v) is 17.4. The third kappa shape index (κ3) is 8.16. The minimum absolute atomic E-state index is 0.166. The van der Waals surface area contributed by atoms with Gasteiger partial charge in [0.2, 0.25) is 0 Å². The molecule has 28 heavy (non-hydrogen) atoms. The molecule has 0 atom stereocenters. The van der Waals surface area contributed by atoms with Gasteiger partial charge in [-0.25, -0.2) is 0 Å². The van der Waals surface area contributed by atoms with Crippen LogP contribution in [-0.2, 0) is 6.42 Å². The number of unbranched alkanes of at least 4 members (excludes halogenated alkanes) is 9. The SMILES string of the molecule is CCCCCCCCCCCCc1ccc(NC(=O)c2ccccc2N)cc1. The van der Waals surface area contributed by atoms with E-state index in [1.54, 1.807) is 12.1 Å². The summed E-state index contributed by atoms with van der Waals surface area (Å²) in [5.41, 5.74) is 9.01. The lowest BCUT2D eigenvalue weighted by Gasteiger charge is -2.08. The van der Waals surface area contributed by atoms with Crippen molar-refractivity contribution in [3.63, 3.8) is 0 Å². The normalized spacial score (nSPS) is 10.8. The lowest BCUT2D eigenvalue weighted by Crippen LogP contribution is -2.13. The van der Waals surface area contributed by atoms with Gasteiger partial charge in [-0.1, -0.05) is 89.0 Å². The van der Waals surface area contributed by atoms with E-state index < -0.39 is 0 Å². The van der Waals surface area contributed by atoms with Crippen LogP contribution in [0.5, 0.6) is 0 Å². The number of benzene rings is 2. The molecule has 0 bridgehead atoms. The Morgan fingerprint density at radius 2 is 1.36 bits per heavy atom. The predicted molar refractivity (Wildman–Crippen MR) is 121 cm³/mol. The first-order chi connectivity index (χ1) is 13.7. The van der Waals surface area contributed by atoms with Crippen LogP contribution in [0, 0.1) is 0 Å². The second-order valence-electron chi connectivity index (χ2n) is 7.67. The molecule has 152 valence electrons. The molecule has 3 nitrogen and oxygen atoms in total. The number of nitrogens with one attached hydrogen (secondary N) is 1. The summed E-state index contributed by atoms with van der Waals surface area (Å²) >= 11 is 0. The number of nitrogen functional groups attached to an aromatic ring is 1. The summed E-state index contributed by atoms with van der Waals surface area (Å²) in [4.78, 5) is 12.3. The number of hydrogen-bond donors (Lipinski definition) is 2. The zero-order valence-electron chi connectivity index (χ0n) is 17.4. The first-order valence-corrected chi connectivity index (χ1v) is 11.0. The molecule has 0 aliphatic carbocycles. The van der Waals surface area contributed by atoms with Gasteiger partial charge in [0.15, 0.2) is 0 Å². The van der Waals surface area contributed by atoms with Crippen LogP contribution in [-0.4, -0.2) is 5.91 Å². The van der Waals surface area contributed by atoms with Crippen LogP contribution in [0.2, 0.25) is 0 Å². The Labute approximate surface area is 170 Å². The third-order valence-electron chi connectivity index (χ3n) is 5.24. The summed E-state index contributed by atoms with van der Waals surface area (Å²) in [7, 11) is 0. The van der Waals surface area contributed by atoms with Crippen LogP contribution in [0.3, 0.4) is 0 Å². The highest BCUT2D eigenvalue weighted by Crippen LogP contribution is 2.17. The first-order valence-electron chi connectivity index (χ1n) is 11.0. The largest absolute Gasteiger partial charge is 0.398 e. The number of nitrogens with two attached hydrogens (primary N) is 1. The summed E-state index contributed by atoms with van der Waals surface area (Å²) in [5, 5.41) is 2.92. The highest BCUT2D eigenvalue weighted by molar-refractivity contribution is 6.07. The lowest BCUT2D eigenvalue weighted by molar-refractivity contribution is 0.102. The van der Waals surface area contributed by atoms with E-state index >= 15 is 0 Å². The van der Waals surface area contributed by atoms with Crippen molar-refractivity contribution in [1.29, 1.82) is 0 Å². The van der Waals surface area contributed by atoms with Crippen LogP contribution in [0.15, 0.2) is 48.5 Å². The van der Waals surface area contributed by atoms with Crippen LogP contribution in [0.25, 0.3) is 0 Å². The summed E-state index contributed by atoms with van der Waals surface area (Å²) in [6.45, 7) is 2.27. The van der Waals surface area contributed by atoms with Crippen molar-refractivity contribution in [2.24, 2.45) is 0 Å². The van der Waals surface area contributed by atoms with Gasteiger partial charge in [0.25, 0.3) is 5.91 Å². The average molecular weight is 381 g/mol. The van der Waals surface area contributed by atoms with Crippen molar-refractivity contribution in [2.75, 3.05) is 11.1 Å². The van der Waals surface area contributed by atoms with E-state index in [1.807, 2.05) is 24.3 Å². The van der Waals surface area contributed by atoms with E-state index in [4.69, 9.17) is 5.73 Å². The van der Waals surface area contributed by atoms with E-state index in [2.05, 4.69) is 24.4 Å². The Balaban J connectivity index is 1.61. The van der Waals surface area contributed by atoms with Crippen molar-refractivity contribution in [3.8, 4) is 0 Å². The Kier molecular flexibility index (Phi) is 10.2. The number of amides is 1. The molecule has 3 heteroatoms. The molecule has 2 rings (SSSR count). The van der Waals surface area contributed by atoms with Crippen molar-refractivity contribution in [2.45, 2.75) is 77.6 Å². The van der Waals surface area contributed by atoms with Gasteiger partial charge in [0.05, 0.1) is 5.56 Å². The summed E-state index contributed by atoms with van der Waals surface area (Å²) in [6, 6.07) is 15.3. The molecule has 0 saturated heterocycles. The highest BCUT2D eigenvalue weighted by atomic mass is 16.1. The predicted octanol–water partition coefficient (Wildman–Crippen LogP) is 6.98. The molecule has 0 saturated carbocycles. The molecule has 0 radical (unpaired) electrons. The number of para-hydroxylation sites is 1. The van der Waals surface area contributed by atoms with Gasteiger partial charge in [-0.05, 0) is 42.7 Å². The van der Waals surface area contributed by atoms with Crippen LogP contribution < -0.4 is 11.1 Å². The highest BCUT2D eigenvalue weighted by Gasteiger charge is 2.08. The van der Waals surface area contributed by atoms with Gasteiger partial charge in [0, 0.05) is 11.4 Å². The maximum absolute atomic E-state index is 12.3. The van der Waals surface area contributed by atoms with Crippen LogP contribution in [0.1, 0.15) is 87.1 Å². The molecule has 0 aromatic heterocycles. The quantitative estimate of drug-likeness (QED) is 0.291. The van der Waals surface area contributed by atoms with Gasteiger partial charge >= 0.3 is 0 Å². The second kappa shape index (κ2) is 13.0. The summed E-state index contributed by atoms with van der Waals surface area (Å²) in [6.07, 6.45) is 14.7.